The highest BCUT2D eigenvalue weighted by Gasteiger charge is 2.31. The third-order valence-electron chi connectivity index (χ3n) is 3.78. The number of carbonyl (C=O) groups is 2. The number of anilines is 1. The summed E-state index contributed by atoms with van der Waals surface area (Å²) >= 11 is 0. The number of para-hydroxylation sites is 1. The molecule has 1 fully saturated rings. The van der Waals surface area contributed by atoms with Crippen molar-refractivity contribution in [2.24, 2.45) is 5.73 Å². The normalized spacial score (nSPS) is 16.7. The molecule has 0 bridgehead atoms. The van der Waals surface area contributed by atoms with Crippen molar-refractivity contribution >= 4 is 17.5 Å². The molecule has 0 atom stereocenters. The molecule has 1 aliphatic carbocycles. The quantitative estimate of drug-likeness (QED) is 0.781. The molecule has 5 heteroatoms. The summed E-state index contributed by atoms with van der Waals surface area (Å²) in [6.07, 6.45) is 4.24. The first-order valence-electron chi connectivity index (χ1n) is 6.94. The first-order valence-corrected chi connectivity index (χ1v) is 6.94. The predicted octanol–water partition coefficient (Wildman–Crippen LogP) is 1.65. The van der Waals surface area contributed by atoms with E-state index in [0.717, 1.165) is 25.7 Å². The number of rotatable bonds is 4. The highest BCUT2D eigenvalue weighted by atomic mass is 16.2. The number of hydrogen-bond acceptors (Lipinski definition) is 3. The molecule has 5 nitrogen and oxygen atoms in total. The Morgan fingerprint density at radius 2 is 1.90 bits per heavy atom. The van der Waals surface area contributed by atoms with E-state index in [0.29, 0.717) is 17.7 Å². The van der Waals surface area contributed by atoms with Gasteiger partial charge in [0.25, 0.3) is 5.91 Å². The molecule has 1 aliphatic rings. The summed E-state index contributed by atoms with van der Waals surface area (Å²) in [5.74, 6) is -0.352. The maximum atomic E-state index is 12.1. The number of carbonyl (C=O) groups excluding carboxylic acids is 2. The summed E-state index contributed by atoms with van der Waals surface area (Å²) in [6, 6.07) is 6.96. The molecular formula is C15H21N3O2. The standard InChI is InChI=1S/C15H21N3O2/c1-17-14(20)11-6-2-3-7-12(11)18-13(19)10-15(16)8-4-5-9-15/h2-3,6-7H,4-5,8-10,16H2,1H3,(H,17,20)(H,18,19). The van der Waals surface area contributed by atoms with Gasteiger partial charge in [-0.15, -0.1) is 0 Å². The van der Waals surface area contributed by atoms with Gasteiger partial charge >= 0.3 is 0 Å². The lowest BCUT2D eigenvalue weighted by Gasteiger charge is -2.22. The van der Waals surface area contributed by atoms with Gasteiger partial charge in [-0.05, 0) is 25.0 Å². The SMILES string of the molecule is CNC(=O)c1ccccc1NC(=O)CC1(N)CCCC1. The molecule has 1 saturated carbocycles. The van der Waals surface area contributed by atoms with Gasteiger partial charge in [0.15, 0.2) is 0 Å². The van der Waals surface area contributed by atoms with Gasteiger partial charge < -0.3 is 16.4 Å². The van der Waals surface area contributed by atoms with E-state index in [2.05, 4.69) is 10.6 Å². The molecule has 0 aliphatic heterocycles. The molecule has 4 N–H and O–H groups in total. The van der Waals surface area contributed by atoms with Crippen molar-refractivity contribution in [3.63, 3.8) is 0 Å². The molecule has 0 radical (unpaired) electrons. The predicted molar refractivity (Wildman–Crippen MR) is 78.5 cm³/mol. The van der Waals surface area contributed by atoms with Crippen LogP contribution in [0.15, 0.2) is 24.3 Å². The van der Waals surface area contributed by atoms with E-state index in [1.165, 1.54) is 0 Å². The molecule has 20 heavy (non-hydrogen) atoms. The zero-order chi connectivity index (χ0) is 14.6. The van der Waals surface area contributed by atoms with Crippen LogP contribution >= 0.6 is 0 Å². The van der Waals surface area contributed by atoms with Crippen LogP contribution in [0.4, 0.5) is 5.69 Å². The van der Waals surface area contributed by atoms with Gasteiger partial charge in [0.2, 0.25) is 5.91 Å². The van der Waals surface area contributed by atoms with Crippen LogP contribution in [0.1, 0.15) is 42.5 Å². The summed E-state index contributed by atoms with van der Waals surface area (Å²) in [5.41, 5.74) is 6.80. The van der Waals surface area contributed by atoms with Gasteiger partial charge in [0.05, 0.1) is 11.3 Å². The Labute approximate surface area is 118 Å². The van der Waals surface area contributed by atoms with Gasteiger partial charge in [-0.25, -0.2) is 0 Å². The van der Waals surface area contributed by atoms with Crippen molar-refractivity contribution in [3.05, 3.63) is 29.8 Å². The number of nitrogens with two attached hydrogens (primary N) is 1. The van der Waals surface area contributed by atoms with E-state index in [1.54, 1.807) is 31.3 Å². The number of benzene rings is 1. The summed E-state index contributed by atoms with van der Waals surface area (Å²) in [6.45, 7) is 0. The smallest absolute Gasteiger partial charge is 0.253 e. The lowest BCUT2D eigenvalue weighted by atomic mass is 9.94. The number of nitrogens with one attached hydrogen (secondary N) is 2. The topological polar surface area (TPSA) is 84.2 Å². The van der Waals surface area contributed by atoms with Crippen LogP contribution in [0.5, 0.6) is 0 Å². The van der Waals surface area contributed by atoms with E-state index in [4.69, 9.17) is 5.73 Å². The molecule has 0 aromatic heterocycles. The molecule has 2 amide bonds. The van der Waals surface area contributed by atoms with Crippen LogP contribution in [0, 0.1) is 0 Å². The molecule has 0 heterocycles. The van der Waals surface area contributed by atoms with Crippen molar-refractivity contribution in [1.82, 2.24) is 5.32 Å². The minimum absolute atomic E-state index is 0.134. The monoisotopic (exact) mass is 275 g/mol. The second-order valence-corrected chi connectivity index (χ2v) is 5.42. The van der Waals surface area contributed by atoms with E-state index in [9.17, 15) is 9.59 Å². The van der Waals surface area contributed by atoms with Crippen molar-refractivity contribution in [3.8, 4) is 0 Å². The van der Waals surface area contributed by atoms with E-state index >= 15 is 0 Å². The highest BCUT2D eigenvalue weighted by Crippen LogP contribution is 2.30. The molecule has 0 unspecified atom stereocenters. The molecule has 0 saturated heterocycles. The Hall–Kier alpha value is -1.88. The fourth-order valence-electron chi connectivity index (χ4n) is 2.69. The minimum Gasteiger partial charge on any atom is -0.355 e. The van der Waals surface area contributed by atoms with Crippen LogP contribution in [-0.2, 0) is 4.79 Å². The lowest BCUT2D eigenvalue weighted by Crippen LogP contribution is -2.40. The third kappa shape index (κ3) is 3.36. The van der Waals surface area contributed by atoms with Crippen LogP contribution in [0.2, 0.25) is 0 Å². The Balaban J connectivity index is 2.06. The van der Waals surface area contributed by atoms with Gasteiger partial charge in [-0.3, -0.25) is 9.59 Å². The number of amides is 2. The lowest BCUT2D eigenvalue weighted by molar-refractivity contribution is -0.117. The second kappa shape index (κ2) is 6.05. The first-order chi connectivity index (χ1) is 9.54. The average molecular weight is 275 g/mol. The Kier molecular flexibility index (Phi) is 4.39. The highest BCUT2D eigenvalue weighted by molar-refractivity contribution is 6.03. The van der Waals surface area contributed by atoms with E-state index < -0.39 is 0 Å². The van der Waals surface area contributed by atoms with Crippen molar-refractivity contribution < 1.29 is 9.59 Å². The maximum Gasteiger partial charge on any atom is 0.253 e. The minimum atomic E-state index is -0.383. The molecular weight excluding hydrogens is 254 g/mol. The molecule has 108 valence electrons. The zero-order valence-corrected chi connectivity index (χ0v) is 11.7. The fourth-order valence-corrected chi connectivity index (χ4v) is 2.69. The average Bonchev–Trinajstić information content (AvgIpc) is 2.84. The van der Waals surface area contributed by atoms with Crippen LogP contribution in [-0.4, -0.2) is 24.4 Å². The van der Waals surface area contributed by atoms with Gasteiger partial charge in [0.1, 0.15) is 0 Å². The summed E-state index contributed by atoms with van der Waals surface area (Å²) in [5, 5.41) is 5.36. The molecule has 1 aromatic rings. The Morgan fingerprint density at radius 1 is 1.25 bits per heavy atom. The largest absolute Gasteiger partial charge is 0.355 e. The third-order valence-corrected chi connectivity index (χ3v) is 3.78. The van der Waals surface area contributed by atoms with Gasteiger partial charge in [-0.2, -0.15) is 0 Å². The molecule has 0 spiro atoms. The van der Waals surface area contributed by atoms with Crippen LogP contribution < -0.4 is 16.4 Å². The van der Waals surface area contributed by atoms with Crippen molar-refractivity contribution in [1.29, 1.82) is 0 Å². The summed E-state index contributed by atoms with van der Waals surface area (Å²) in [4.78, 5) is 23.9. The van der Waals surface area contributed by atoms with Gasteiger partial charge in [0, 0.05) is 19.0 Å². The van der Waals surface area contributed by atoms with Crippen molar-refractivity contribution in [2.75, 3.05) is 12.4 Å². The second-order valence-electron chi connectivity index (χ2n) is 5.42. The van der Waals surface area contributed by atoms with Crippen LogP contribution in [0.25, 0.3) is 0 Å². The molecule has 2 rings (SSSR count). The van der Waals surface area contributed by atoms with Crippen LogP contribution in [0.3, 0.4) is 0 Å². The fraction of sp³-hybridized carbons (Fsp3) is 0.467. The Bertz CT molecular complexity index is 508. The molecule has 1 aromatic carbocycles. The zero-order valence-electron chi connectivity index (χ0n) is 11.7. The first kappa shape index (κ1) is 14.5. The summed E-state index contributed by atoms with van der Waals surface area (Å²) in [7, 11) is 1.56. The van der Waals surface area contributed by atoms with E-state index in [1.807, 2.05) is 0 Å². The maximum absolute atomic E-state index is 12.1. The summed E-state index contributed by atoms with van der Waals surface area (Å²) < 4.78 is 0. The van der Waals surface area contributed by atoms with Crippen molar-refractivity contribution in [2.45, 2.75) is 37.6 Å². The number of hydrogen-bond donors (Lipinski definition) is 3. The Morgan fingerprint density at radius 3 is 2.55 bits per heavy atom. The van der Waals surface area contributed by atoms with Gasteiger partial charge in [-0.1, -0.05) is 25.0 Å². The van der Waals surface area contributed by atoms with E-state index in [-0.39, 0.29) is 17.4 Å².